The molecule has 1 aromatic carbocycles. The molecule has 0 bridgehead atoms. The van der Waals surface area contributed by atoms with E-state index in [2.05, 4.69) is 15.3 Å². The molecule has 1 heterocycles. The van der Waals surface area contributed by atoms with Crippen LogP contribution in [0.4, 0.5) is 0 Å². The number of halogens is 1. The number of ether oxygens (including phenoxy) is 2. The Kier molecular flexibility index (Phi) is 8.63. The van der Waals surface area contributed by atoms with Crippen molar-refractivity contribution < 1.29 is 9.47 Å². The molecular formula is C20H27IN4O2. The van der Waals surface area contributed by atoms with Gasteiger partial charge >= 0.3 is 0 Å². The van der Waals surface area contributed by atoms with Crippen molar-refractivity contribution in [2.75, 3.05) is 13.2 Å². The number of benzene rings is 1. The SMILES string of the molecule is CCOc1ccc(Oc2cc(CN=C(N)NCC3CCC3)ccn2)cc1.I. The number of rotatable bonds is 8. The second-order valence-corrected chi connectivity index (χ2v) is 6.39. The highest BCUT2D eigenvalue weighted by Gasteiger charge is 2.16. The van der Waals surface area contributed by atoms with Crippen LogP contribution >= 0.6 is 24.0 Å². The lowest BCUT2D eigenvalue weighted by molar-refractivity contribution is 0.315. The van der Waals surface area contributed by atoms with Gasteiger partial charge in [-0.1, -0.05) is 6.42 Å². The Hall–Kier alpha value is -2.03. The van der Waals surface area contributed by atoms with Crippen LogP contribution in [0.1, 0.15) is 31.7 Å². The van der Waals surface area contributed by atoms with Crippen molar-refractivity contribution in [2.45, 2.75) is 32.7 Å². The Balaban J connectivity index is 0.00000261. The number of nitrogens with one attached hydrogen (secondary N) is 1. The van der Waals surface area contributed by atoms with Gasteiger partial charge in [-0.2, -0.15) is 0 Å². The molecule has 0 saturated heterocycles. The van der Waals surface area contributed by atoms with Crippen LogP contribution in [0.2, 0.25) is 0 Å². The zero-order valence-electron chi connectivity index (χ0n) is 15.6. The molecule has 1 aromatic heterocycles. The monoisotopic (exact) mass is 482 g/mol. The number of pyridine rings is 1. The average Bonchev–Trinajstić information content (AvgIpc) is 2.61. The summed E-state index contributed by atoms with van der Waals surface area (Å²) in [5.41, 5.74) is 6.92. The van der Waals surface area contributed by atoms with E-state index < -0.39 is 0 Å². The van der Waals surface area contributed by atoms with E-state index in [1.54, 1.807) is 6.20 Å². The fourth-order valence-electron chi connectivity index (χ4n) is 2.67. The molecule has 0 spiro atoms. The van der Waals surface area contributed by atoms with E-state index in [0.29, 0.717) is 30.7 Å². The minimum atomic E-state index is 0. The molecule has 146 valence electrons. The Morgan fingerprint density at radius 2 is 1.96 bits per heavy atom. The summed E-state index contributed by atoms with van der Waals surface area (Å²) >= 11 is 0. The standard InChI is InChI=1S/C20H26N4O2.HI/c1-2-25-17-6-8-18(9-7-17)26-19-12-16(10-11-22-19)14-24-20(21)23-13-15-4-3-5-15;/h6-12,15H,2-5,13-14H2,1H3,(H3,21,23,24);1H. The van der Waals surface area contributed by atoms with Crippen LogP contribution in [0.5, 0.6) is 17.4 Å². The first-order valence-electron chi connectivity index (χ1n) is 9.12. The molecule has 7 heteroatoms. The zero-order chi connectivity index (χ0) is 18.2. The fourth-order valence-corrected chi connectivity index (χ4v) is 2.67. The topological polar surface area (TPSA) is 81.8 Å². The van der Waals surface area contributed by atoms with Crippen molar-refractivity contribution in [1.29, 1.82) is 0 Å². The lowest BCUT2D eigenvalue weighted by Crippen LogP contribution is -2.37. The minimum Gasteiger partial charge on any atom is -0.494 e. The van der Waals surface area contributed by atoms with Gasteiger partial charge in [-0.05, 0) is 61.6 Å². The number of guanidine groups is 1. The third kappa shape index (κ3) is 6.89. The van der Waals surface area contributed by atoms with Gasteiger partial charge in [0.15, 0.2) is 5.96 Å². The quantitative estimate of drug-likeness (QED) is 0.337. The predicted octanol–water partition coefficient (Wildman–Crippen LogP) is 4.10. The first-order chi connectivity index (χ1) is 12.7. The zero-order valence-corrected chi connectivity index (χ0v) is 17.9. The maximum atomic E-state index is 5.93. The molecule has 3 rings (SSSR count). The van der Waals surface area contributed by atoms with Crippen molar-refractivity contribution in [3.8, 4) is 17.4 Å². The number of aliphatic imine (C=N–C) groups is 1. The fraction of sp³-hybridized carbons (Fsp3) is 0.400. The Morgan fingerprint density at radius 1 is 1.22 bits per heavy atom. The van der Waals surface area contributed by atoms with E-state index >= 15 is 0 Å². The van der Waals surface area contributed by atoms with E-state index in [-0.39, 0.29) is 24.0 Å². The number of hydrogen-bond donors (Lipinski definition) is 2. The highest BCUT2D eigenvalue weighted by Crippen LogP contribution is 2.25. The number of nitrogens with two attached hydrogens (primary N) is 1. The molecule has 1 saturated carbocycles. The lowest BCUT2D eigenvalue weighted by Gasteiger charge is -2.25. The van der Waals surface area contributed by atoms with Crippen LogP contribution in [0.15, 0.2) is 47.6 Å². The lowest BCUT2D eigenvalue weighted by atomic mass is 9.85. The van der Waals surface area contributed by atoms with Gasteiger partial charge in [0.1, 0.15) is 11.5 Å². The molecule has 1 aliphatic carbocycles. The molecular weight excluding hydrogens is 455 g/mol. The molecule has 3 N–H and O–H groups in total. The largest absolute Gasteiger partial charge is 0.494 e. The van der Waals surface area contributed by atoms with Crippen LogP contribution in [0.25, 0.3) is 0 Å². The third-order valence-electron chi connectivity index (χ3n) is 4.38. The molecule has 6 nitrogen and oxygen atoms in total. The van der Waals surface area contributed by atoms with Crippen LogP contribution in [0, 0.1) is 5.92 Å². The van der Waals surface area contributed by atoms with Gasteiger partial charge in [0.25, 0.3) is 0 Å². The van der Waals surface area contributed by atoms with Gasteiger partial charge in [0.05, 0.1) is 13.2 Å². The first kappa shape index (κ1) is 21.3. The molecule has 0 unspecified atom stereocenters. The van der Waals surface area contributed by atoms with Gasteiger partial charge in [-0.25, -0.2) is 9.98 Å². The van der Waals surface area contributed by atoms with Gasteiger partial charge in [-0.3, -0.25) is 0 Å². The van der Waals surface area contributed by atoms with Crippen LogP contribution < -0.4 is 20.5 Å². The van der Waals surface area contributed by atoms with Crippen molar-refractivity contribution in [2.24, 2.45) is 16.6 Å². The highest BCUT2D eigenvalue weighted by molar-refractivity contribution is 14.0. The van der Waals surface area contributed by atoms with Crippen molar-refractivity contribution in [1.82, 2.24) is 10.3 Å². The molecule has 0 aliphatic heterocycles. The second-order valence-electron chi connectivity index (χ2n) is 6.39. The molecule has 0 radical (unpaired) electrons. The summed E-state index contributed by atoms with van der Waals surface area (Å²) < 4.78 is 11.2. The van der Waals surface area contributed by atoms with E-state index in [0.717, 1.165) is 23.8 Å². The average molecular weight is 482 g/mol. The van der Waals surface area contributed by atoms with Crippen molar-refractivity contribution >= 4 is 29.9 Å². The van der Waals surface area contributed by atoms with Crippen molar-refractivity contribution in [3.05, 3.63) is 48.2 Å². The summed E-state index contributed by atoms with van der Waals surface area (Å²) in [5.74, 6) is 3.30. The van der Waals surface area contributed by atoms with E-state index in [4.69, 9.17) is 15.2 Å². The Morgan fingerprint density at radius 3 is 2.63 bits per heavy atom. The Bertz CT molecular complexity index is 733. The van der Waals surface area contributed by atoms with E-state index in [1.165, 1.54) is 19.3 Å². The number of aromatic nitrogens is 1. The highest BCUT2D eigenvalue weighted by atomic mass is 127. The molecule has 0 atom stereocenters. The number of nitrogens with zero attached hydrogens (tertiary/aromatic N) is 2. The molecule has 1 fully saturated rings. The van der Waals surface area contributed by atoms with E-state index in [9.17, 15) is 0 Å². The summed E-state index contributed by atoms with van der Waals surface area (Å²) in [7, 11) is 0. The molecule has 2 aromatic rings. The normalized spacial score (nSPS) is 14.0. The summed E-state index contributed by atoms with van der Waals surface area (Å²) in [6.07, 6.45) is 5.62. The van der Waals surface area contributed by atoms with E-state index in [1.807, 2.05) is 43.3 Å². The van der Waals surface area contributed by atoms with Crippen LogP contribution in [-0.2, 0) is 6.54 Å². The summed E-state index contributed by atoms with van der Waals surface area (Å²) in [5, 5.41) is 3.19. The van der Waals surface area contributed by atoms with Crippen LogP contribution in [-0.4, -0.2) is 24.1 Å². The summed E-state index contributed by atoms with van der Waals surface area (Å²) in [4.78, 5) is 8.64. The van der Waals surface area contributed by atoms with Crippen molar-refractivity contribution in [3.63, 3.8) is 0 Å². The van der Waals surface area contributed by atoms with Gasteiger partial charge in [0, 0.05) is 18.8 Å². The van der Waals surface area contributed by atoms with Gasteiger partial charge < -0.3 is 20.5 Å². The maximum absolute atomic E-state index is 5.93. The summed E-state index contributed by atoms with van der Waals surface area (Å²) in [6.45, 7) is 4.00. The predicted molar refractivity (Wildman–Crippen MR) is 118 cm³/mol. The molecule has 0 amide bonds. The molecule has 1 aliphatic rings. The third-order valence-corrected chi connectivity index (χ3v) is 4.38. The minimum absolute atomic E-state index is 0. The smallest absolute Gasteiger partial charge is 0.219 e. The van der Waals surface area contributed by atoms with Gasteiger partial charge in [-0.15, -0.1) is 24.0 Å². The number of hydrogen-bond acceptors (Lipinski definition) is 4. The molecule has 27 heavy (non-hydrogen) atoms. The first-order valence-corrected chi connectivity index (χ1v) is 9.12. The Labute approximate surface area is 177 Å². The second kappa shape index (κ2) is 11.0. The maximum Gasteiger partial charge on any atom is 0.219 e. The van der Waals surface area contributed by atoms with Crippen LogP contribution in [0.3, 0.4) is 0 Å². The van der Waals surface area contributed by atoms with Gasteiger partial charge in [0.2, 0.25) is 5.88 Å². The summed E-state index contributed by atoms with van der Waals surface area (Å²) in [6, 6.07) is 11.3.